The van der Waals surface area contributed by atoms with Crippen LogP contribution in [0.1, 0.15) is 45.6 Å². The summed E-state index contributed by atoms with van der Waals surface area (Å²) < 4.78 is 0. The summed E-state index contributed by atoms with van der Waals surface area (Å²) in [6.07, 6.45) is 3.21. The predicted octanol–water partition coefficient (Wildman–Crippen LogP) is 3.47. The fraction of sp³-hybridized carbons (Fsp3) is 0.611. The van der Waals surface area contributed by atoms with E-state index in [4.69, 9.17) is 0 Å². The second-order valence-corrected chi connectivity index (χ2v) is 6.28. The van der Waals surface area contributed by atoms with Crippen LogP contribution in [0.25, 0.3) is 0 Å². The fourth-order valence-electron chi connectivity index (χ4n) is 2.64. The van der Waals surface area contributed by atoms with Crippen LogP contribution in [0, 0.1) is 5.92 Å². The Bertz CT molecular complexity index is 438. The molecular weight excluding hydrogens is 293 g/mol. The van der Waals surface area contributed by atoms with Crippen molar-refractivity contribution in [1.29, 1.82) is 0 Å². The molecule has 1 N–H and O–H groups in total. The average Bonchev–Trinajstić information content (AvgIpc) is 2.54. The molecule has 0 aromatic heterocycles. The highest BCUT2D eigenvalue weighted by Crippen LogP contribution is 2.20. The van der Waals surface area contributed by atoms with E-state index in [2.05, 4.69) is 28.3 Å². The van der Waals surface area contributed by atoms with Gasteiger partial charge in [0, 0.05) is 12.2 Å². The summed E-state index contributed by atoms with van der Waals surface area (Å²) in [6.45, 7) is 6.05. The zero-order valence-electron chi connectivity index (χ0n) is 14.0. The summed E-state index contributed by atoms with van der Waals surface area (Å²) >= 11 is 0. The molecule has 0 spiro atoms. The minimum atomic E-state index is -0.487. The van der Waals surface area contributed by atoms with Gasteiger partial charge >= 0.3 is 0 Å². The molecule has 0 radical (unpaired) electrons. The Morgan fingerprint density at radius 3 is 2.41 bits per heavy atom. The number of rotatable bonds is 9. The fourth-order valence-corrected chi connectivity index (χ4v) is 3.09. The van der Waals surface area contributed by atoms with Crippen LogP contribution in [-0.2, 0) is 11.2 Å². The number of carbonyl (C=O) groups excluding carboxylic acids is 1. The van der Waals surface area contributed by atoms with E-state index in [0.717, 1.165) is 18.4 Å². The number of aliphatic hydroxyl groups excluding tert-OH is 1. The molecular formula is C18H30NO2P. The largest absolute Gasteiger partial charge is 0.391 e. The van der Waals surface area contributed by atoms with E-state index in [1.807, 2.05) is 36.9 Å². The van der Waals surface area contributed by atoms with E-state index in [1.165, 1.54) is 0 Å². The molecule has 0 aliphatic rings. The van der Waals surface area contributed by atoms with Crippen LogP contribution in [-0.4, -0.2) is 34.3 Å². The highest BCUT2D eigenvalue weighted by molar-refractivity contribution is 7.16. The standard InChI is InChI=1S/C18H30NO2P/c1-4-9-17(20)16(12-15-10-7-6-8-11-15)19(13-22)18(21)14(3)5-2/h6-8,10-11,14,16-17,20H,4-5,9,12-13,22H2,1-3H3. The Balaban J connectivity index is 2.98. The van der Waals surface area contributed by atoms with Gasteiger partial charge in [0.05, 0.1) is 12.1 Å². The number of benzene rings is 1. The zero-order chi connectivity index (χ0) is 16.5. The van der Waals surface area contributed by atoms with Gasteiger partial charge in [-0.15, -0.1) is 9.24 Å². The van der Waals surface area contributed by atoms with Gasteiger partial charge in [-0.25, -0.2) is 0 Å². The Morgan fingerprint density at radius 1 is 1.27 bits per heavy atom. The highest BCUT2D eigenvalue weighted by atomic mass is 31.0. The van der Waals surface area contributed by atoms with Gasteiger partial charge in [-0.1, -0.05) is 57.5 Å². The van der Waals surface area contributed by atoms with Crippen molar-refractivity contribution in [3.8, 4) is 0 Å². The molecule has 0 heterocycles. The molecule has 22 heavy (non-hydrogen) atoms. The van der Waals surface area contributed by atoms with Crippen LogP contribution in [0.3, 0.4) is 0 Å². The lowest BCUT2D eigenvalue weighted by Crippen LogP contribution is -2.49. The van der Waals surface area contributed by atoms with Crippen molar-refractivity contribution in [2.75, 3.05) is 6.29 Å². The summed E-state index contributed by atoms with van der Waals surface area (Å²) in [5, 5.41) is 10.6. The van der Waals surface area contributed by atoms with Crippen molar-refractivity contribution in [2.45, 2.75) is 58.6 Å². The number of carbonyl (C=O) groups is 1. The van der Waals surface area contributed by atoms with Gasteiger partial charge < -0.3 is 10.0 Å². The minimum absolute atomic E-state index is 0.00681. The van der Waals surface area contributed by atoms with E-state index in [9.17, 15) is 9.90 Å². The van der Waals surface area contributed by atoms with Crippen LogP contribution in [0.2, 0.25) is 0 Å². The molecule has 1 aromatic rings. The maximum atomic E-state index is 12.6. The zero-order valence-corrected chi connectivity index (χ0v) is 15.2. The van der Waals surface area contributed by atoms with Crippen molar-refractivity contribution in [3.05, 3.63) is 35.9 Å². The summed E-state index contributed by atoms with van der Waals surface area (Å²) in [5.41, 5.74) is 1.16. The average molecular weight is 323 g/mol. The molecule has 124 valence electrons. The van der Waals surface area contributed by atoms with E-state index in [0.29, 0.717) is 19.1 Å². The first-order chi connectivity index (χ1) is 10.5. The monoisotopic (exact) mass is 323 g/mol. The normalized spacial score (nSPS) is 15.1. The van der Waals surface area contributed by atoms with Gasteiger partial charge in [0.25, 0.3) is 0 Å². The third-order valence-electron chi connectivity index (χ3n) is 4.23. The molecule has 4 heteroatoms. The molecule has 3 nitrogen and oxygen atoms in total. The lowest BCUT2D eigenvalue weighted by Gasteiger charge is -2.36. The molecule has 4 atom stereocenters. The Kier molecular flexibility index (Phi) is 8.67. The summed E-state index contributed by atoms with van der Waals surface area (Å²) in [7, 11) is 2.64. The first kappa shape index (κ1) is 19.1. The third-order valence-corrected chi connectivity index (χ3v) is 4.62. The van der Waals surface area contributed by atoms with Crippen LogP contribution in [0.5, 0.6) is 0 Å². The van der Waals surface area contributed by atoms with Gasteiger partial charge in [-0.05, 0) is 24.8 Å². The lowest BCUT2D eigenvalue weighted by atomic mass is 9.95. The number of hydrogen-bond donors (Lipinski definition) is 1. The second-order valence-electron chi connectivity index (χ2n) is 5.91. The van der Waals surface area contributed by atoms with Crippen molar-refractivity contribution in [2.24, 2.45) is 5.92 Å². The van der Waals surface area contributed by atoms with Crippen molar-refractivity contribution in [3.63, 3.8) is 0 Å². The number of hydrogen-bond acceptors (Lipinski definition) is 2. The van der Waals surface area contributed by atoms with Crippen LogP contribution < -0.4 is 0 Å². The number of amides is 1. The van der Waals surface area contributed by atoms with E-state index >= 15 is 0 Å². The lowest BCUT2D eigenvalue weighted by molar-refractivity contribution is -0.138. The first-order valence-electron chi connectivity index (χ1n) is 8.27. The third kappa shape index (κ3) is 5.37. The molecule has 0 saturated heterocycles. The molecule has 0 saturated carbocycles. The Hall–Kier alpha value is -0.920. The molecule has 1 rings (SSSR count). The number of aliphatic hydroxyl groups is 1. The quantitative estimate of drug-likeness (QED) is 0.707. The van der Waals surface area contributed by atoms with Crippen LogP contribution >= 0.6 is 9.24 Å². The summed E-state index contributed by atoms with van der Waals surface area (Å²) in [4.78, 5) is 14.5. The minimum Gasteiger partial charge on any atom is -0.391 e. The van der Waals surface area contributed by atoms with Gasteiger partial charge in [0.2, 0.25) is 5.91 Å². The van der Waals surface area contributed by atoms with Crippen molar-refractivity contribution < 1.29 is 9.90 Å². The van der Waals surface area contributed by atoms with Gasteiger partial charge in [-0.3, -0.25) is 4.79 Å². The smallest absolute Gasteiger partial charge is 0.226 e. The Labute approximate surface area is 137 Å². The molecule has 0 bridgehead atoms. The van der Waals surface area contributed by atoms with Crippen molar-refractivity contribution in [1.82, 2.24) is 4.90 Å². The predicted molar refractivity (Wildman–Crippen MR) is 95.7 cm³/mol. The van der Waals surface area contributed by atoms with Gasteiger partial charge in [0.15, 0.2) is 0 Å². The van der Waals surface area contributed by atoms with Gasteiger partial charge in [-0.2, -0.15) is 0 Å². The van der Waals surface area contributed by atoms with Crippen LogP contribution in [0.15, 0.2) is 30.3 Å². The summed E-state index contributed by atoms with van der Waals surface area (Å²) in [5.74, 6) is 0.126. The molecule has 0 aliphatic heterocycles. The maximum absolute atomic E-state index is 12.6. The maximum Gasteiger partial charge on any atom is 0.226 e. The van der Waals surface area contributed by atoms with E-state index < -0.39 is 6.10 Å². The molecule has 1 aromatic carbocycles. The SMILES string of the molecule is CCCC(O)C(Cc1ccccc1)N(CP)C(=O)C(C)CC. The molecule has 0 fully saturated rings. The topological polar surface area (TPSA) is 40.5 Å². The first-order valence-corrected chi connectivity index (χ1v) is 9.09. The highest BCUT2D eigenvalue weighted by Gasteiger charge is 2.30. The Morgan fingerprint density at radius 2 is 1.91 bits per heavy atom. The number of nitrogens with zero attached hydrogens (tertiary/aromatic N) is 1. The second kappa shape index (κ2) is 9.97. The van der Waals surface area contributed by atoms with Gasteiger partial charge in [0.1, 0.15) is 0 Å². The van der Waals surface area contributed by atoms with Crippen LogP contribution in [0.4, 0.5) is 0 Å². The molecule has 1 amide bonds. The van der Waals surface area contributed by atoms with Crippen molar-refractivity contribution >= 4 is 15.1 Å². The van der Waals surface area contributed by atoms with E-state index in [1.54, 1.807) is 0 Å². The summed E-state index contributed by atoms with van der Waals surface area (Å²) in [6, 6.07) is 9.93. The molecule has 0 aliphatic carbocycles. The van der Waals surface area contributed by atoms with E-state index in [-0.39, 0.29) is 17.9 Å². The molecule has 4 unspecified atom stereocenters.